The lowest BCUT2D eigenvalue weighted by atomic mass is 10.2. The fourth-order valence-corrected chi connectivity index (χ4v) is 3.00. The Hall–Kier alpha value is -1.66. The van der Waals surface area contributed by atoms with E-state index in [-0.39, 0.29) is 12.5 Å². The van der Waals surface area contributed by atoms with Gasteiger partial charge in [-0.1, -0.05) is 0 Å². The molecule has 0 aliphatic heterocycles. The van der Waals surface area contributed by atoms with Crippen molar-refractivity contribution in [2.75, 3.05) is 25.4 Å². The first-order valence-electron chi connectivity index (χ1n) is 6.21. The van der Waals surface area contributed by atoms with Crippen molar-refractivity contribution in [1.29, 1.82) is 0 Å². The van der Waals surface area contributed by atoms with Crippen LogP contribution in [0.25, 0.3) is 10.1 Å². The average Bonchev–Trinajstić information content (AvgIpc) is 2.77. The van der Waals surface area contributed by atoms with Crippen LogP contribution in [-0.2, 0) is 0 Å². The van der Waals surface area contributed by atoms with E-state index in [1.807, 2.05) is 13.0 Å². The molecular formula is C13H17N3O2S. The lowest BCUT2D eigenvalue weighted by Gasteiger charge is -2.19. The normalized spacial score (nSPS) is 10.8. The Morgan fingerprint density at radius 3 is 3.00 bits per heavy atom. The van der Waals surface area contributed by atoms with Gasteiger partial charge in [-0.2, -0.15) is 0 Å². The summed E-state index contributed by atoms with van der Waals surface area (Å²) in [5.74, 6) is -0.0744. The summed E-state index contributed by atoms with van der Waals surface area (Å²) in [5.41, 5.74) is 6.57. The standard InChI is InChI=1S/C13H17N3O2S/c1-2-16(6-3-7-17)13(18)12-11(14)9-4-5-15-8-10(9)19-12/h4-5,8,17H,2-3,6-7,14H2,1H3. The second kappa shape index (κ2) is 5.99. The third kappa shape index (κ3) is 2.69. The van der Waals surface area contributed by atoms with Gasteiger partial charge in [-0.3, -0.25) is 9.78 Å². The summed E-state index contributed by atoms with van der Waals surface area (Å²) in [5, 5.41) is 9.74. The summed E-state index contributed by atoms with van der Waals surface area (Å²) in [6.45, 7) is 3.14. The minimum absolute atomic E-state index is 0.0744. The maximum atomic E-state index is 12.4. The van der Waals surface area contributed by atoms with Crippen LogP contribution in [0.1, 0.15) is 23.0 Å². The van der Waals surface area contributed by atoms with Gasteiger partial charge < -0.3 is 15.7 Å². The summed E-state index contributed by atoms with van der Waals surface area (Å²) >= 11 is 1.37. The van der Waals surface area contributed by atoms with Gasteiger partial charge in [-0.25, -0.2) is 0 Å². The van der Waals surface area contributed by atoms with Crippen molar-refractivity contribution in [2.24, 2.45) is 0 Å². The number of fused-ring (bicyclic) bond motifs is 1. The van der Waals surface area contributed by atoms with Crippen LogP contribution in [0, 0.1) is 0 Å². The fraction of sp³-hybridized carbons (Fsp3) is 0.385. The molecule has 0 unspecified atom stereocenters. The lowest BCUT2D eigenvalue weighted by molar-refractivity contribution is 0.0760. The molecule has 2 aromatic rings. The number of rotatable bonds is 5. The molecule has 0 saturated heterocycles. The zero-order valence-electron chi connectivity index (χ0n) is 10.8. The smallest absolute Gasteiger partial charge is 0.266 e. The van der Waals surface area contributed by atoms with Crippen LogP contribution >= 0.6 is 11.3 Å². The van der Waals surface area contributed by atoms with E-state index >= 15 is 0 Å². The molecule has 6 heteroatoms. The molecule has 2 aromatic heterocycles. The van der Waals surface area contributed by atoms with Gasteiger partial charge in [-0.15, -0.1) is 11.3 Å². The average molecular weight is 279 g/mol. The molecule has 0 saturated carbocycles. The molecule has 0 atom stereocenters. The molecule has 0 bridgehead atoms. The highest BCUT2D eigenvalue weighted by atomic mass is 32.1. The molecule has 0 aromatic carbocycles. The van der Waals surface area contributed by atoms with E-state index in [0.29, 0.717) is 30.1 Å². The van der Waals surface area contributed by atoms with Gasteiger partial charge in [0.1, 0.15) is 4.88 Å². The van der Waals surface area contributed by atoms with E-state index in [4.69, 9.17) is 10.8 Å². The van der Waals surface area contributed by atoms with Crippen LogP contribution in [0.15, 0.2) is 18.5 Å². The Morgan fingerprint density at radius 1 is 1.58 bits per heavy atom. The van der Waals surface area contributed by atoms with E-state index < -0.39 is 0 Å². The zero-order valence-corrected chi connectivity index (χ0v) is 11.6. The predicted octanol–water partition coefficient (Wildman–Crippen LogP) is 1.72. The number of carbonyl (C=O) groups excluding carboxylic acids is 1. The summed E-state index contributed by atoms with van der Waals surface area (Å²) in [7, 11) is 0. The number of hydrogen-bond acceptors (Lipinski definition) is 5. The molecule has 1 amide bonds. The number of anilines is 1. The minimum Gasteiger partial charge on any atom is -0.397 e. The van der Waals surface area contributed by atoms with E-state index in [0.717, 1.165) is 10.1 Å². The number of nitrogens with zero attached hydrogens (tertiary/aromatic N) is 2. The number of aromatic nitrogens is 1. The molecule has 0 aliphatic rings. The topological polar surface area (TPSA) is 79.5 Å². The van der Waals surface area contributed by atoms with E-state index in [1.165, 1.54) is 11.3 Å². The Kier molecular flexibility index (Phi) is 4.34. The summed E-state index contributed by atoms with van der Waals surface area (Å²) in [6.07, 6.45) is 3.96. The second-order valence-corrected chi connectivity index (χ2v) is 5.23. The molecule has 102 valence electrons. The Balaban J connectivity index is 2.32. The zero-order chi connectivity index (χ0) is 13.8. The molecule has 0 fully saturated rings. The SMILES string of the molecule is CCN(CCCO)C(=O)c1sc2cnccc2c1N. The van der Waals surface area contributed by atoms with Gasteiger partial charge in [0.05, 0.1) is 10.4 Å². The lowest BCUT2D eigenvalue weighted by Crippen LogP contribution is -2.32. The Labute approximate surface area is 115 Å². The number of pyridine rings is 1. The van der Waals surface area contributed by atoms with Gasteiger partial charge in [0.2, 0.25) is 0 Å². The van der Waals surface area contributed by atoms with Gasteiger partial charge in [0.15, 0.2) is 0 Å². The molecule has 0 spiro atoms. The van der Waals surface area contributed by atoms with Crippen LogP contribution in [0.5, 0.6) is 0 Å². The first kappa shape index (κ1) is 13.8. The number of carbonyl (C=O) groups is 1. The van der Waals surface area contributed by atoms with Crippen molar-refractivity contribution >= 4 is 33.0 Å². The number of hydrogen-bond donors (Lipinski definition) is 2. The molecule has 2 rings (SSSR count). The summed E-state index contributed by atoms with van der Waals surface area (Å²) in [4.78, 5) is 18.7. The third-order valence-electron chi connectivity index (χ3n) is 2.98. The van der Waals surface area contributed by atoms with Gasteiger partial charge in [0, 0.05) is 37.5 Å². The van der Waals surface area contributed by atoms with E-state index in [2.05, 4.69) is 4.98 Å². The monoisotopic (exact) mass is 279 g/mol. The van der Waals surface area contributed by atoms with Crippen LogP contribution in [0.3, 0.4) is 0 Å². The summed E-state index contributed by atoms with van der Waals surface area (Å²) < 4.78 is 0.918. The molecule has 19 heavy (non-hydrogen) atoms. The highest BCUT2D eigenvalue weighted by Crippen LogP contribution is 2.33. The van der Waals surface area contributed by atoms with Gasteiger partial charge >= 0.3 is 0 Å². The Bertz CT molecular complexity index is 582. The van der Waals surface area contributed by atoms with Crippen LogP contribution < -0.4 is 5.73 Å². The number of aliphatic hydroxyl groups excluding tert-OH is 1. The van der Waals surface area contributed by atoms with Crippen molar-refractivity contribution < 1.29 is 9.90 Å². The molecule has 5 nitrogen and oxygen atoms in total. The van der Waals surface area contributed by atoms with Crippen molar-refractivity contribution in [3.05, 3.63) is 23.3 Å². The van der Waals surface area contributed by atoms with Crippen molar-refractivity contribution in [2.45, 2.75) is 13.3 Å². The number of nitrogens with two attached hydrogens (primary N) is 1. The molecule has 0 aliphatic carbocycles. The molecule has 3 N–H and O–H groups in total. The van der Waals surface area contributed by atoms with Crippen molar-refractivity contribution in [3.63, 3.8) is 0 Å². The minimum atomic E-state index is -0.0744. The summed E-state index contributed by atoms with van der Waals surface area (Å²) in [6, 6.07) is 1.82. The number of aliphatic hydroxyl groups is 1. The highest BCUT2D eigenvalue weighted by Gasteiger charge is 2.20. The maximum Gasteiger partial charge on any atom is 0.266 e. The van der Waals surface area contributed by atoms with Crippen molar-refractivity contribution in [1.82, 2.24) is 9.88 Å². The molecule has 0 radical (unpaired) electrons. The van der Waals surface area contributed by atoms with Crippen LogP contribution in [-0.4, -0.2) is 40.6 Å². The fourth-order valence-electron chi connectivity index (χ4n) is 1.94. The van der Waals surface area contributed by atoms with E-state index in [1.54, 1.807) is 17.3 Å². The first-order chi connectivity index (χ1) is 9.19. The largest absolute Gasteiger partial charge is 0.397 e. The van der Waals surface area contributed by atoms with Crippen LogP contribution in [0.4, 0.5) is 5.69 Å². The third-order valence-corrected chi connectivity index (χ3v) is 4.12. The maximum absolute atomic E-state index is 12.4. The van der Waals surface area contributed by atoms with E-state index in [9.17, 15) is 4.79 Å². The van der Waals surface area contributed by atoms with Gasteiger partial charge in [-0.05, 0) is 19.4 Å². The van der Waals surface area contributed by atoms with Gasteiger partial charge in [0.25, 0.3) is 5.91 Å². The molecular weight excluding hydrogens is 262 g/mol. The Morgan fingerprint density at radius 2 is 2.37 bits per heavy atom. The van der Waals surface area contributed by atoms with Crippen LogP contribution in [0.2, 0.25) is 0 Å². The quantitative estimate of drug-likeness (QED) is 0.873. The second-order valence-electron chi connectivity index (χ2n) is 4.18. The highest BCUT2D eigenvalue weighted by molar-refractivity contribution is 7.21. The molecule has 2 heterocycles. The number of amides is 1. The van der Waals surface area contributed by atoms with Crippen molar-refractivity contribution in [3.8, 4) is 0 Å². The predicted molar refractivity (Wildman–Crippen MR) is 77.3 cm³/mol. The number of nitrogen functional groups attached to an aromatic ring is 1. The first-order valence-corrected chi connectivity index (χ1v) is 7.02. The number of thiophene rings is 1.